The summed E-state index contributed by atoms with van der Waals surface area (Å²) in [6.45, 7) is 0.745. The highest BCUT2D eigenvalue weighted by Gasteiger charge is 1.91. The van der Waals surface area contributed by atoms with Crippen LogP contribution in [-0.2, 0) is 0 Å². The van der Waals surface area contributed by atoms with Crippen LogP contribution in [0.2, 0.25) is 0 Å². The Kier molecular flexibility index (Phi) is 10.3. The van der Waals surface area contributed by atoms with Crippen LogP contribution in [0.1, 0.15) is 6.42 Å². The Balaban J connectivity index is 0. The SMILES string of the molecule is O.O.[B]c1ccc(OCCCBr)cc1. The van der Waals surface area contributed by atoms with Gasteiger partial charge in [0.25, 0.3) is 0 Å². The smallest absolute Gasteiger partial charge is 0.119 e. The largest absolute Gasteiger partial charge is 0.494 e. The molecular weight excluding hydrogens is 247 g/mol. The van der Waals surface area contributed by atoms with E-state index in [1.54, 1.807) is 0 Å². The second kappa shape index (κ2) is 9.06. The average Bonchev–Trinajstić information content (AvgIpc) is 2.09. The fraction of sp³-hybridized carbons (Fsp3) is 0.333. The summed E-state index contributed by atoms with van der Waals surface area (Å²) in [5.74, 6) is 0.880. The van der Waals surface area contributed by atoms with E-state index in [4.69, 9.17) is 12.6 Å². The molecule has 0 aliphatic heterocycles. The minimum absolute atomic E-state index is 0. The Hall–Kier alpha value is -0.515. The Labute approximate surface area is 93.6 Å². The average molecular weight is 261 g/mol. The molecule has 0 atom stereocenters. The van der Waals surface area contributed by atoms with Gasteiger partial charge in [-0.15, -0.1) is 0 Å². The van der Waals surface area contributed by atoms with Crippen molar-refractivity contribution >= 4 is 29.2 Å². The Morgan fingerprint density at radius 3 is 2.21 bits per heavy atom. The molecule has 3 nitrogen and oxygen atoms in total. The van der Waals surface area contributed by atoms with Crippen LogP contribution in [0.3, 0.4) is 0 Å². The Morgan fingerprint density at radius 2 is 1.71 bits per heavy atom. The third kappa shape index (κ3) is 6.02. The second-order valence-electron chi connectivity index (χ2n) is 2.46. The van der Waals surface area contributed by atoms with Crippen LogP contribution in [0.25, 0.3) is 0 Å². The first-order valence-corrected chi connectivity index (χ1v) is 4.99. The highest BCUT2D eigenvalue weighted by molar-refractivity contribution is 9.09. The van der Waals surface area contributed by atoms with Gasteiger partial charge in [-0.3, -0.25) is 0 Å². The second-order valence-corrected chi connectivity index (χ2v) is 3.25. The van der Waals surface area contributed by atoms with Crippen LogP contribution in [0.5, 0.6) is 5.75 Å². The molecule has 0 unspecified atom stereocenters. The van der Waals surface area contributed by atoms with Gasteiger partial charge in [0.2, 0.25) is 0 Å². The summed E-state index contributed by atoms with van der Waals surface area (Å²) in [6.07, 6.45) is 1.02. The molecule has 0 heterocycles. The normalized spacial score (nSPS) is 8.36. The molecule has 0 saturated carbocycles. The van der Waals surface area contributed by atoms with Gasteiger partial charge in [-0.1, -0.05) is 33.5 Å². The van der Waals surface area contributed by atoms with Gasteiger partial charge in [-0.05, 0) is 18.6 Å². The molecule has 0 spiro atoms. The topological polar surface area (TPSA) is 72.2 Å². The van der Waals surface area contributed by atoms with Crippen molar-refractivity contribution in [2.24, 2.45) is 0 Å². The number of hydrogen-bond acceptors (Lipinski definition) is 1. The van der Waals surface area contributed by atoms with E-state index in [2.05, 4.69) is 15.9 Å². The summed E-state index contributed by atoms with van der Waals surface area (Å²) in [5.41, 5.74) is 0.767. The van der Waals surface area contributed by atoms with Crippen LogP contribution in [0.15, 0.2) is 24.3 Å². The third-order valence-electron chi connectivity index (χ3n) is 1.43. The van der Waals surface area contributed by atoms with E-state index in [0.717, 1.165) is 29.6 Å². The summed E-state index contributed by atoms with van der Waals surface area (Å²) in [7, 11) is 5.52. The first-order chi connectivity index (χ1) is 5.83. The van der Waals surface area contributed by atoms with Crippen LogP contribution >= 0.6 is 15.9 Å². The maximum atomic E-state index is 5.52. The number of benzene rings is 1. The lowest BCUT2D eigenvalue weighted by molar-refractivity contribution is 0.319. The summed E-state index contributed by atoms with van der Waals surface area (Å²) >= 11 is 3.33. The van der Waals surface area contributed by atoms with Crippen LogP contribution in [0, 0.1) is 0 Å². The van der Waals surface area contributed by atoms with E-state index in [-0.39, 0.29) is 11.0 Å². The summed E-state index contributed by atoms with van der Waals surface area (Å²) in [4.78, 5) is 0. The lowest BCUT2D eigenvalue weighted by Crippen LogP contribution is -2.02. The lowest BCUT2D eigenvalue weighted by Gasteiger charge is -2.04. The van der Waals surface area contributed by atoms with Gasteiger partial charge in [0.15, 0.2) is 0 Å². The third-order valence-corrected chi connectivity index (χ3v) is 1.99. The number of ether oxygens (including phenoxy) is 1. The summed E-state index contributed by atoms with van der Waals surface area (Å²) < 4.78 is 5.42. The van der Waals surface area contributed by atoms with Crippen LogP contribution in [0.4, 0.5) is 0 Å². The molecule has 1 rings (SSSR count). The molecule has 14 heavy (non-hydrogen) atoms. The monoisotopic (exact) mass is 260 g/mol. The zero-order valence-corrected chi connectivity index (χ0v) is 9.38. The van der Waals surface area contributed by atoms with E-state index in [1.807, 2.05) is 24.3 Å². The molecule has 0 bridgehead atoms. The number of halogens is 1. The summed E-state index contributed by atoms with van der Waals surface area (Å²) in [6, 6.07) is 7.43. The van der Waals surface area contributed by atoms with E-state index < -0.39 is 0 Å². The zero-order chi connectivity index (χ0) is 8.81. The van der Waals surface area contributed by atoms with E-state index in [1.165, 1.54) is 0 Å². The molecule has 78 valence electrons. The number of hydrogen-bond donors (Lipinski definition) is 0. The van der Waals surface area contributed by atoms with Crippen molar-refractivity contribution in [1.29, 1.82) is 0 Å². The maximum Gasteiger partial charge on any atom is 0.119 e. The first kappa shape index (κ1) is 15.9. The zero-order valence-electron chi connectivity index (χ0n) is 7.79. The number of rotatable bonds is 4. The van der Waals surface area contributed by atoms with Gasteiger partial charge < -0.3 is 15.7 Å². The molecule has 0 aromatic heterocycles. The molecule has 1 aromatic rings. The highest BCUT2D eigenvalue weighted by atomic mass is 79.9. The molecular formula is C9H14BBrO3. The van der Waals surface area contributed by atoms with Crippen molar-refractivity contribution in [1.82, 2.24) is 0 Å². The number of alkyl halides is 1. The molecule has 0 aliphatic carbocycles. The highest BCUT2D eigenvalue weighted by Crippen LogP contribution is 2.07. The van der Waals surface area contributed by atoms with Crippen molar-refractivity contribution in [2.45, 2.75) is 6.42 Å². The molecule has 0 saturated heterocycles. The molecule has 0 amide bonds. The van der Waals surface area contributed by atoms with Crippen LogP contribution < -0.4 is 10.2 Å². The molecule has 1 aromatic carbocycles. The van der Waals surface area contributed by atoms with E-state index in [9.17, 15) is 0 Å². The minimum Gasteiger partial charge on any atom is -0.494 e. The predicted molar refractivity (Wildman–Crippen MR) is 63.0 cm³/mol. The standard InChI is InChI=1S/C9H10BBrO.2H2O/c10-8-2-4-9(5-3-8)12-7-1-6-11;;/h2-5H,1,6-7H2;2*1H2. The summed E-state index contributed by atoms with van der Waals surface area (Å²) in [5, 5.41) is 0.974. The fourth-order valence-electron chi connectivity index (χ4n) is 0.809. The van der Waals surface area contributed by atoms with Crippen LogP contribution in [-0.4, -0.2) is 30.7 Å². The lowest BCUT2D eigenvalue weighted by atomic mass is 9.97. The van der Waals surface area contributed by atoms with Gasteiger partial charge in [-0.25, -0.2) is 0 Å². The van der Waals surface area contributed by atoms with Gasteiger partial charge in [0.05, 0.1) is 6.61 Å². The Bertz CT molecular complexity index is 228. The molecule has 4 N–H and O–H groups in total. The van der Waals surface area contributed by atoms with Crippen molar-refractivity contribution in [3.8, 4) is 5.75 Å². The van der Waals surface area contributed by atoms with Crippen molar-refractivity contribution in [3.05, 3.63) is 24.3 Å². The molecule has 5 heteroatoms. The quantitative estimate of drug-likeness (QED) is 0.427. The van der Waals surface area contributed by atoms with E-state index >= 15 is 0 Å². The first-order valence-electron chi connectivity index (χ1n) is 3.87. The van der Waals surface area contributed by atoms with Gasteiger partial charge in [0.1, 0.15) is 13.6 Å². The molecule has 0 fully saturated rings. The van der Waals surface area contributed by atoms with Crippen molar-refractivity contribution < 1.29 is 15.7 Å². The van der Waals surface area contributed by atoms with Crippen molar-refractivity contribution in [3.63, 3.8) is 0 Å². The minimum atomic E-state index is 0. The van der Waals surface area contributed by atoms with Gasteiger partial charge >= 0.3 is 0 Å². The van der Waals surface area contributed by atoms with Gasteiger partial charge in [-0.2, -0.15) is 0 Å². The predicted octanol–water partition coefficient (Wildman–Crippen LogP) is -0.00520. The van der Waals surface area contributed by atoms with Gasteiger partial charge in [0, 0.05) is 5.33 Å². The Morgan fingerprint density at radius 1 is 1.14 bits per heavy atom. The van der Waals surface area contributed by atoms with E-state index in [0.29, 0.717) is 0 Å². The molecule has 0 aliphatic rings. The fourth-order valence-corrected chi connectivity index (χ4v) is 1.04. The van der Waals surface area contributed by atoms with Crippen molar-refractivity contribution in [2.75, 3.05) is 11.9 Å². The maximum absolute atomic E-state index is 5.52. The molecule has 2 radical (unpaired) electrons.